The first-order chi connectivity index (χ1) is 6.61. The first kappa shape index (κ1) is 12.2. The molecule has 0 saturated heterocycles. The first-order valence-electron chi connectivity index (χ1n) is 4.30. The van der Waals surface area contributed by atoms with Crippen LogP contribution in [0.3, 0.4) is 0 Å². The molecule has 1 rings (SSSR count). The van der Waals surface area contributed by atoms with E-state index in [0.717, 1.165) is 17.5 Å². The second-order valence-corrected chi connectivity index (χ2v) is 4.68. The van der Waals surface area contributed by atoms with Crippen molar-refractivity contribution in [1.29, 1.82) is 0 Å². The van der Waals surface area contributed by atoms with Gasteiger partial charge in [-0.05, 0) is 31.5 Å². The highest BCUT2D eigenvalue weighted by atomic mass is 79.9. The molecule has 0 aliphatic heterocycles. The molecular weight excluding hydrogens is 287 g/mol. The second kappa shape index (κ2) is 5.84. The molecule has 1 nitrogen and oxygen atoms in total. The van der Waals surface area contributed by atoms with Crippen LogP contribution in [-0.4, -0.2) is 11.4 Å². The van der Waals surface area contributed by atoms with Crippen molar-refractivity contribution >= 4 is 39.1 Å². The lowest BCUT2D eigenvalue weighted by Gasteiger charge is -2.13. The Kier molecular flexibility index (Phi) is 5.07. The molecule has 1 atom stereocenters. The van der Waals surface area contributed by atoms with Crippen LogP contribution < -0.4 is 4.74 Å². The minimum absolute atomic E-state index is 0.156. The Morgan fingerprint density at radius 2 is 1.86 bits per heavy atom. The van der Waals surface area contributed by atoms with E-state index in [1.807, 2.05) is 6.92 Å². The SMILES string of the molecule is CC(CCBr)Oc1cc(Cl)cc(Cl)c1. The van der Waals surface area contributed by atoms with Crippen molar-refractivity contribution in [2.75, 3.05) is 5.33 Å². The predicted molar refractivity (Wildman–Crippen MR) is 65.0 cm³/mol. The Hall–Kier alpha value is 0.0800. The fourth-order valence-corrected chi connectivity index (χ4v) is 2.19. The summed E-state index contributed by atoms with van der Waals surface area (Å²) >= 11 is 15.0. The Morgan fingerprint density at radius 3 is 2.36 bits per heavy atom. The number of hydrogen-bond acceptors (Lipinski definition) is 1. The summed E-state index contributed by atoms with van der Waals surface area (Å²) in [5.74, 6) is 0.718. The van der Waals surface area contributed by atoms with Gasteiger partial charge < -0.3 is 4.74 Å². The van der Waals surface area contributed by atoms with Gasteiger partial charge in [-0.15, -0.1) is 0 Å². The van der Waals surface area contributed by atoms with E-state index in [1.54, 1.807) is 18.2 Å². The van der Waals surface area contributed by atoms with Crippen LogP contribution >= 0.6 is 39.1 Å². The van der Waals surface area contributed by atoms with Crippen LogP contribution in [-0.2, 0) is 0 Å². The fraction of sp³-hybridized carbons (Fsp3) is 0.400. The third-order valence-electron chi connectivity index (χ3n) is 1.69. The number of alkyl halides is 1. The lowest BCUT2D eigenvalue weighted by atomic mass is 10.3. The Morgan fingerprint density at radius 1 is 1.29 bits per heavy atom. The summed E-state index contributed by atoms with van der Waals surface area (Å²) in [6.07, 6.45) is 1.10. The van der Waals surface area contributed by atoms with E-state index in [9.17, 15) is 0 Å². The fourth-order valence-electron chi connectivity index (χ4n) is 1.04. The number of rotatable bonds is 4. The van der Waals surface area contributed by atoms with Crippen molar-refractivity contribution in [1.82, 2.24) is 0 Å². The van der Waals surface area contributed by atoms with Crippen molar-refractivity contribution in [3.63, 3.8) is 0 Å². The van der Waals surface area contributed by atoms with Gasteiger partial charge in [-0.3, -0.25) is 0 Å². The molecular formula is C10H11BrCl2O. The maximum absolute atomic E-state index is 5.84. The largest absolute Gasteiger partial charge is 0.491 e. The van der Waals surface area contributed by atoms with Gasteiger partial charge in [-0.2, -0.15) is 0 Å². The van der Waals surface area contributed by atoms with Gasteiger partial charge in [-0.1, -0.05) is 39.1 Å². The maximum Gasteiger partial charge on any atom is 0.122 e. The second-order valence-electron chi connectivity index (χ2n) is 3.01. The summed E-state index contributed by atoms with van der Waals surface area (Å²) in [6, 6.07) is 5.21. The molecule has 0 fully saturated rings. The lowest BCUT2D eigenvalue weighted by Crippen LogP contribution is -2.11. The molecule has 0 amide bonds. The number of benzene rings is 1. The van der Waals surface area contributed by atoms with Crippen LogP contribution in [0.25, 0.3) is 0 Å². The monoisotopic (exact) mass is 296 g/mol. The van der Waals surface area contributed by atoms with Gasteiger partial charge in [-0.25, -0.2) is 0 Å². The molecule has 0 radical (unpaired) electrons. The van der Waals surface area contributed by atoms with Crippen molar-refractivity contribution < 1.29 is 4.74 Å². The molecule has 1 aromatic rings. The lowest BCUT2D eigenvalue weighted by molar-refractivity contribution is 0.219. The van der Waals surface area contributed by atoms with Crippen LogP contribution in [0.2, 0.25) is 10.0 Å². The van der Waals surface area contributed by atoms with Gasteiger partial charge in [0, 0.05) is 15.4 Å². The molecule has 0 bridgehead atoms. The van der Waals surface area contributed by atoms with Crippen molar-refractivity contribution in [2.45, 2.75) is 19.4 Å². The molecule has 0 aromatic heterocycles. The molecule has 1 aromatic carbocycles. The quantitative estimate of drug-likeness (QED) is 0.741. The molecule has 0 saturated carbocycles. The average Bonchev–Trinajstić information content (AvgIpc) is 2.01. The summed E-state index contributed by atoms with van der Waals surface area (Å²) in [5, 5.41) is 2.11. The molecule has 4 heteroatoms. The summed E-state index contributed by atoms with van der Waals surface area (Å²) in [7, 11) is 0. The third-order valence-corrected chi connectivity index (χ3v) is 2.58. The number of halogens is 3. The maximum atomic E-state index is 5.84. The van der Waals surface area contributed by atoms with Crippen molar-refractivity contribution in [2.24, 2.45) is 0 Å². The molecule has 1 unspecified atom stereocenters. The van der Waals surface area contributed by atoms with Gasteiger partial charge in [0.25, 0.3) is 0 Å². The molecule has 0 heterocycles. The van der Waals surface area contributed by atoms with E-state index in [-0.39, 0.29) is 6.10 Å². The first-order valence-corrected chi connectivity index (χ1v) is 6.18. The molecule has 0 spiro atoms. The van der Waals surface area contributed by atoms with Crippen LogP contribution in [0.5, 0.6) is 5.75 Å². The smallest absolute Gasteiger partial charge is 0.122 e. The minimum Gasteiger partial charge on any atom is -0.491 e. The van der Waals surface area contributed by atoms with Crippen molar-refractivity contribution in [3.8, 4) is 5.75 Å². The summed E-state index contributed by atoms with van der Waals surface area (Å²) in [4.78, 5) is 0. The van der Waals surface area contributed by atoms with Gasteiger partial charge in [0.1, 0.15) is 5.75 Å². The summed E-state index contributed by atoms with van der Waals surface area (Å²) < 4.78 is 5.62. The minimum atomic E-state index is 0.156. The van der Waals surface area contributed by atoms with E-state index in [4.69, 9.17) is 27.9 Å². The molecule has 78 valence electrons. The Labute approximate surface area is 102 Å². The van der Waals surface area contributed by atoms with Crippen LogP contribution in [0.4, 0.5) is 0 Å². The molecule has 14 heavy (non-hydrogen) atoms. The van der Waals surface area contributed by atoms with E-state index in [2.05, 4.69) is 15.9 Å². The molecule has 0 N–H and O–H groups in total. The summed E-state index contributed by atoms with van der Waals surface area (Å²) in [5.41, 5.74) is 0. The number of hydrogen-bond donors (Lipinski definition) is 0. The Bertz CT molecular complexity index is 284. The van der Waals surface area contributed by atoms with E-state index >= 15 is 0 Å². The highest BCUT2D eigenvalue weighted by Crippen LogP contribution is 2.25. The Balaban J connectivity index is 2.66. The highest BCUT2D eigenvalue weighted by molar-refractivity contribution is 9.09. The summed E-state index contributed by atoms with van der Waals surface area (Å²) in [6.45, 7) is 2.01. The standard InChI is InChI=1S/C10H11BrCl2O/c1-7(2-3-11)14-10-5-8(12)4-9(13)6-10/h4-7H,2-3H2,1H3. The number of ether oxygens (including phenoxy) is 1. The normalized spacial score (nSPS) is 12.6. The van der Waals surface area contributed by atoms with E-state index in [0.29, 0.717) is 10.0 Å². The predicted octanol–water partition coefficient (Wildman–Crippen LogP) is 4.55. The highest BCUT2D eigenvalue weighted by Gasteiger charge is 2.04. The van der Waals surface area contributed by atoms with Crippen LogP contribution in [0.15, 0.2) is 18.2 Å². The van der Waals surface area contributed by atoms with Crippen molar-refractivity contribution in [3.05, 3.63) is 28.2 Å². The van der Waals surface area contributed by atoms with Gasteiger partial charge in [0.05, 0.1) is 6.10 Å². The zero-order valence-electron chi connectivity index (χ0n) is 7.77. The zero-order valence-corrected chi connectivity index (χ0v) is 10.9. The molecule has 0 aliphatic carbocycles. The van der Waals surface area contributed by atoms with Gasteiger partial charge >= 0.3 is 0 Å². The molecule has 0 aliphatic rings. The van der Waals surface area contributed by atoms with Crippen LogP contribution in [0, 0.1) is 0 Å². The topological polar surface area (TPSA) is 9.23 Å². The van der Waals surface area contributed by atoms with E-state index < -0.39 is 0 Å². The van der Waals surface area contributed by atoms with E-state index in [1.165, 1.54) is 0 Å². The van der Waals surface area contributed by atoms with Crippen LogP contribution in [0.1, 0.15) is 13.3 Å². The van der Waals surface area contributed by atoms with Gasteiger partial charge in [0.2, 0.25) is 0 Å². The van der Waals surface area contributed by atoms with Gasteiger partial charge in [0.15, 0.2) is 0 Å². The third kappa shape index (κ3) is 4.07. The zero-order chi connectivity index (χ0) is 10.6. The average molecular weight is 298 g/mol.